The Morgan fingerprint density at radius 1 is 1.32 bits per heavy atom. The van der Waals surface area contributed by atoms with Gasteiger partial charge in [-0.1, -0.05) is 42.4 Å². The van der Waals surface area contributed by atoms with Gasteiger partial charge in [0.1, 0.15) is 0 Å². The van der Waals surface area contributed by atoms with Gasteiger partial charge in [0.15, 0.2) is 10.9 Å². The highest BCUT2D eigenvalue weighted by atomic mass is 35.5. The van der Waals surface area contributed by atoms with E-state index in [2.05, 4.69) is 20.6 Å². The van der Waals surface area contributed by atoms with Crippen molar-refractivity contribution in [2.45, 2.75) is 25.4 Å². The molecule has 0 bridgehead atoms. The molecule has 2 N–H and O–H groups in total. The van der Waals surface area contributed by atoms with Gasteiger partial charge in [-0.25, -0.2) is 9.97 Å². The van der Waals surface area contributed by atoms with Gasteiger partial charge in [-0.05, 0) is 30.4 Å². The number of anilines is 1. The Morgan fingerprint density at radius 3 is 2.84 bits per heavy atom. The minimum atomic E-state index is -0.422. The first-order valence-corrected chi connectivity index (χ1v) is 9.16. The fourth-order valence-electron chi connectivity index (χ4n) is 2.03. The summed E-state index contributed by atoms with van der Waals surface area (Å²) in [4.78, 5) is 32.3. The van der Waals surface area contributed by atoms with Crippen molar-refractivity contribution in [3.63, 3.8) is 0 Å². The van der Waals surface area contributed by atoms with E-state index < -0.39 is 5.91 Å². The second-order valence-electron chi connectivity index (χ2n) is 5.21. The number of benzene rings is 1. The molecule has 0 spiro atoms. The fourth-order valence-corrected chi connectivity index (χ4v) is 2.75. The Labute approximate surface area is 155 Å². The molecule has 25 heavy (non-hydrogen) atoms. The third-order valence-electron chi connectivity index (χ3n) is 3.15. The molecule has 0 saturated heterocycles. The summed E-state index contributed by atoms with van der Waals surface area (Å²) in [5.74, 6) is 0.192. The summed E-state index contributed by atoms with van der Waals surface area (Å²) in [6.07, 6.45) is 1.56. The minimum absolute atomic E-state index is 0.117. The van der Waals surface area contributed by atoms with Crippen molar-refractivity contribution in [1.29, 1.82) is 0 Å². The molecule has 0 saturated carbocycles. The summed E-state index contributed by atoms with van der Waals surface area (Å²) < 4.78 is 0. The maximum atomic E-state index is 12.2. The zero-order chi connectivity index (χ0) is 18.2. The highest BCUT2D eigenvalue weighted by molar-refractivity contribution is 7.99. The second kappa shape index (κ2) is 9.39. The third kappa shape index (κ3) is 6.03. The van der Waals surface area contributed by atoms with Gasteiger partial charge in [0.25, 0.3) is 5.91 Å². The highest BCUT2D eigenvalue weighted by Crippen LogP contribution is 2.18. The Balaban J connectivity index is 1.85. The number of amides is 2. The number of aryl methyl sites for hydroxylation is 1. The van der Waals surface area contributed by atoms with Crippen LogP contribution >= 0.6 is 23.4 Å². The van der Waals surface area contributed by atoms with Crippen LogP contribution in [0.1, 0.15) is 29.4 Å². The summed E-state index contributed by atoms with van der Waals surface area (Å²) in [7, 11) is 0. The van der Waals surface area contributed by atoms with Gasteiger partial charge in [-0.3, -0.25) is 9.59 Å². The van der Waals surface area contributed by atoms with Crippen LogP contribution in [-0.4, -0.2) is 34.1 Å². The lowest BCUT2D eigenvalue weighted by Crippen LogP contribution is -2.28. The van der Waals surface area contributed by atoms with Crippen molar-refractivity contribution in [3.8, 4) is 0 Å². The quantitative estimate of drug-likeness (QED) is 0.570. The summed E-state index contributed by atoms with van der Waals surface area (Å²) in [5.41, 5.74) is 1.91. The van der Waals surface area contributed by atoms with Crippen molar-refractivity contribution >= 4 is 40.9 Å². The first-order chi connectivity index (χ1) is 12.0. The van der Waals surface area contributed by atoms with Crippen LogP contribution in [0.25, 0.3) is 0 Å². The molecule has 1 heterocycles. The number of nitrogens with one attached hydrogen (secondary N) is 2. The zero-order valence-corrected chi connectivity index (χ0v) is 15.6. The molecule has 0 aliphatic heterocycles. The van der Waals surface area contributed by atoms with Crippen molar-refractivity contribution in [3.05, 3.63) is 46.7 Å². The van der Waals surface area contributed by atoms with E-state index in [-0.39, 0.29) is 29.6 Å². The smallest absolute Gasteiger partial charge is 0.271 e. The molecule has 8 heteroatoms. The number of aromatic nitrogens is 2. The standard InChI is InChI=1S/C17H19ClN4O2S/c1-3-25-17-20-10-13(18)15(22-17)16(24)19-8-7-14(23)21-12-6-4-5-11(2)9-12/h4-6,9-10H,3,7-8H2,1-2H3,(H,19,24)(H,21,23). The molecule has 0 unspecified atom stereocenters. The maximum absolute atomic E-state index is 12.2. The average molecular weight is 379 g/mol. The van der Waals surface area contributed by atoms with Crippen LogP contribution in [0, 0.1) is 6.92 Å². The van der Waals surface area contributed by atoms with Gasteiger partial charge in [0.05, 0.1) is 11.2 Å². The van der Waals surface area contributed by atoms with E-state index in [4.69, 9.17) is 11.6 Å². The van der Waals surface area contributed by atoms with Crippen LogP contribution < -0.4 is 10.6 Å². The topological polar surface area (TPSA) is 84.0 Å². The third-order valence-corrected chi connectivity index (χ3v) is 4.17. The van der Waals surface area contributed by atoms with E-state index in [1.807, 2.05) is 38.1 Å². The number of thioether (sulfide) groups is 1. The van der Waals surface area contributed by atoms with Gasteiger partial charge in [-0.15, -0.1) is 0 Å². The summed E-state index contributed by atoms with van der Waals surface area (Å²) >= 11 is 7.40. The fraction of sp³-hybridized carbons (Fsp3) is 0.294. The van der Waals surface area contributed by atoms with Crippen LogP contribution in [0.2, 0.25) is 5.02 Å². The minimum Gasteiger partial charge on any atom is -0.350 e. The number of hydrogen-bond donors (Lipinski definition) is 2. The Kier molecular flexibility index (Phi) is 7.21. The van der Waals surface area contributed by atoms with Crippen molar-refractivity contribution in [2.24, 2.45) is 0 Å². The van der Waals surface area contributed by atoms with E-state index in [0.29, 0.717) is 5.16 Å². The molecule has 0 atom stereocenters. The van der Waals surface area contributed by atoms with E-state index in [1.165, 1.54) is 18.0 Å². The Bertz CT molecular complexity index is 770. The van der Waals surface area contributed by atoms with E-state index >= 15 is 0 Å². The molecule has 132 valence electrons. The monoisotopic (exact) mass is 378 g/mol. The molecular formula is C17H19ClN4O2S. The van der Waals surface area contributed by atoms with E-state index in [9.17, 15) is 9.59 Å². The zero-order valence-electron chi connectivity index (χ0n) is 14.0. The molecule has 0 radical (unpaired) electrons. The molecule has 6 nitrogen and oxygen atoms in total. The highest BCUT2D eigenvalue weighted by Gasteiger charge is 2.14. The molecule has 0 fully saturated rings. The van der Waals surface area contributed by atoms with Crippen LogP contribution in [0.5, 0.6) is 0 Å². The summed E-state index contributed by atoms with van der Waals surface area (Å²) in [6, 6.07) is 7.52. The number of halogens is 1. The molecular weight excluding hydrogens is 360 g/mol. The summed E-state index contributed by atoms with van der Waals surface area (Å²) in [5, 5.41) is 6.12. The SMILES string of the molecule is CCSc1ncc(Cl)c(C(=O)NCCC(=O)Nc2cccc(C)c2)n1. The Morgan fingerprint density at radius 2 is 2.12 bits per heavy atom. The molecule has 0 aliphatic rings. The normalized spacial score (nSPS) is 10.4. The van der Waals surface area contributed by atoms with E-state index in [1.54, 1.807) is 0 Å². The van der Waals surface area contributed by atoms with Gasteiger partial charge in [-0.2, -0.15) is 0 Å². The van der Waals surface area contributed by atoms with Gasteiger partial charge in [0.2, 0.25) is 5.91 Å². The number of carbonyl (C=O) groups excluding carboxylic acids is 2. The van der Waals surface area contributed by atoms with Gasteiger partial charge in [0, 0.05) is 18.7 Å². The predicted octanol–water partition coefficient (Wildman–Crippen LogP) is 3.31. The lowest BCUT2D eigenvalue weighted by atomic mass is 10.2. The number of carbonyl (C=O) groups is 2. The maximum Gasteiger partial charge on any atom is 0.271 e. The van der Waals surface area contributed by atoms with E-state index in [0.717, 1.165) is 17.0 Å². The van der Waals surface area contributed by atoms with Crippen molar-refractivity contribution in [1.82, 2.24) is 15.3 Å². The van der Waals surface area contributed by atoms with Crippen molar-refractivity contribution < 1.29 is 9.59 Å². The molecule has 0 aliphatic carbocycles. The van der Waals surface area contributed by atoms with Crippen LogP contribution in [-0.2, 0) is 4.79 Å². The molecule has 1 aromatic carbocycles. The predicted molar refractivity (Wildman–Crippen MR) is 100 cm³/mol. The lowest BCUT2D eigenvalue weighted by molar-refractivity contribution is -0.116. The molecule has 2 aromatic rings. The first kappa shape index (κ1) is 19.2. The van der Waals surface area contributed by atoms with Crippen LogP contribution in [0.4, 0.5) is 5.69 Å². The van der Waals surface area contributed by atoms with Gasteiger partial charge < -0.3 is 10.6 Å². The number of hydrogen-bond acceptors (Lipinski definition) is 5. The summed E-state index contributed by atoms with van der Waals surface area (Å²) in [6.45, 7) is 4.11. The molecule has 1 aromatic heterocycles. The number of nitrogens with zero attached hydrogens (tertiary/aromatic N) is 2. The molecule has 2 amide bonds. The lowest BCUT2D eigenvalue weighted by Gasteiger charge is -2.08. The number of rotatable bonds is 7. The van der Waals surface area contributed by atoms with Crippen molar-refractivity contribution in [2.75, 3.05) is 17.6 Å². The molecule has 2 rings (SSSR count). The first-order valence-electron chi connectivity index (χ1n) is 7.79. The largest absolute Gasteiger partial charge is 0.350 e. The average Bonchev–Trinajstić information content (AvgIpc) is 2.56. The van der Waals surface area contributed by atoms with Crippen LogP contribution in [0.15, 0.2) is 35.6 Å². The second-order valence-corrected chi connectivity index (χ2v) is 6.84. The van der Waals surface area contributed by atoms with Gasteiger partial charge >= 0.3 is 0 Å². The Hall–Kier alpha value is -2.12. The van der Waals surface area contributed by atoms with Crippen LogP contribution in [0.3, 0.4) is 0 Å².